The third kappa shape index (κ3) is 4.47. The zero-order valence-electron chi connectivity index (χ0n) is 17.3. The fourth-order valence-electron chi connectivity index (χ4n) is 4.35. The molecule has 0 amide bonds. The molecule has 1 aliphatic heterocycles. The number of fused-ring (bicyclic) bond motifs is 1. The van der Waals surface area contributed by atoms with Gasteiger partial charge < -0.3 is 20.1 Å². The number of para-hydroxylation sites is 1. The van der Waals surface area contributed by atoms with Crippen molar-refractivity contribution in [2.45, 2.75) is 57.2 Å². The van der Waals surface area contributed by atoms with Crippen molar-refractivity contribution in [2.75, 3.05) is 13.7 Å². The maximum atomic E-state index is 6.48. The van der Waals surface area contributed by atoms with Crippen molar-refractivity contribution in [2.24, 2.45) is 4.99 Å². The Morgan fingerprint density at radius 1 is 1.24 bits per heavy atom. The summed E-state index contributed by atoms with van der Waals surface area (Å²) in [5.74, 6) is 2.44. The van der Waals surface area contributed by atoms with Gasteiger partial charge in [0.15, 0.2) is 5.96 Å². The van der Waals surface area contributed by atoms with Gasteiger partial charge in [0.25, 0.3) is 0 Å². The first kappa shape index (κ1) is 19.6. The number of hydrogen-bond donors (Lipinski definition) is 2. The van der Waals surface area contributed by atoms with E-state index in [1.54, 1.807) is 7.11 Å². The van der Waals surface area contributed by atoms with E-state index in [9.17, 15) is 0 Å². The predicted octanol–water partition coefficient (Wildman–Crippen LogP) is 3.98. The molecule has 29 heavy (non-hydrogen) atoms. The molecule has 0 radical (unpaired) electrons. The van der Waals surface area contributed by atoms with Crippen LogP contribution in [0.5, 0.6) is 11.6 Å². The smallest absolute Gasteiger partial charge is 0.212 e. The van der Waals surface area contributed by atoms with Gasteiger partial charge in [0.1, 0.15) is 11.4 Å². The van der Waals surface area contributed by atoms with Gasteiger partial charge in [-0.1, -0.05) is 24.3 Å². The predicted molar refractivity (Wildman–Crippen MR) is 114 cm³/mol. The first-order valence-corrected chi connectivity index (χ1v) is 10.5. The van der Waals surface area contributed by atoms with Gasteiger partial charge >= 0.3 is 0 Å². The zero-order chi connectivity index (χ0) is 20.1. The average molecular weight is 395 g/mol. The maximum absolute atomic E-state index is 6.48. The van der Waals surface area contributed by atoms with Crippen molar-refractivity contribution >= 4 is 5.96 Å². The molecule has 2 heterocycles. The molecule has 2 aliphatic rings. The van der Waals surface area contributed by atoms with Crippen LogP contribution in [0.25, 0.3) is 0 Å². The van der Waals surface area contributed by atoms with Crippen LogP contribution in [0.2, 0.25) is 0 Å². The average Bonchev–Trinajstić information content (AvgIpc) is 3.19. The summed E-state index contributed by atoms with van der Waals surface area (Å²) in [7, 11) is 1.62. The molecule has 6 nitrogen and oxygen atoms in total. The molecule has 1 saturated carbocycles. The van der Waals surface area contributed by atoms with Crippen LogP contribution in [-0.2, 0) is 6.54 Å². The lowest BCUT2D eigenvalue weighted by Gasteiger charge is -2.40. The minimum atomic E-state index is -0.0384. The number of aliphatic imine (C=N–C) groups is 1. The van der Waals surface area contributed by atoms with Gasteiger partial charge in [-0.15, -0.1) is 0 Å². The lowest BCUT2D eigenvalue weighted by Crippen LogP contribution is -2.46. The van der Waals surface area contributed by atoms with Crippen LogP contribution in [0.1, 0.15) is 56.2 Å². The lowest BCUT2D eigenvalue weighted by molar-refractivity contribution is 0.0396. The number of pyridine rings is 1. The Hall–Kier alpha value is -2.76. The second kappa shape index (κ2) is 8.72. The number of hydrogen-bond acceptors (Lipinski definition) is 4. The van der Waals surface area contributed by atoms with E-state index in [4.69, 9.17) is 14.5 Å². The minimum absolute atomic E-state index is 0.0384. The Balaban J connectivity index is 1.53. The highest BCUT2D eigenvalue weighted by molar-refractivity contribution is 5.80. The number of nitrogens with one attached hydrogen (secondary N) is 2. The molecular formula is C23H30N4O2. The van der Waals surface area contributed by atoms with Crippen LogP contribution in [0.15, 0.2) is 47.6 Å². The topological polar surface area (TPSA) is 67.8 Å². The molecule has 1 atom stereocenters. The van der Waals surface area contributed by atoms with Crippen LogP contribution >= 0.6 is 0 Å². The first-order chi connectivity index (χ1) is 14.2. The molecular weight excluding hydrogens is 364 g/mol. The molecule has 1 unspecified atom stereocenters. The lowest BCUT2D eigenvalue weighted by atomic mass is 9.86. The molecule has 0 bridgehead atoms. The van der Waals surface area contributed by atoms with Crippen molar-refractivity contribution in [3.05, 3.63) is 53.7 Å². The maximum Gasteiger partial charge on any atom is 0.212 e. The molecule has 0 saturated heterocycles. The first-order valence-electron chi connectivity index (χ1n) is 10.5. The Morgan fingerprint density at radius 3 is 2.79 bits per heavy atom. The van der Waals surface area contributed by atoms with Crippen LogP contribution in [0.3, 0.4) is 0 Å². The fourth-order valence-corrected chi connectivity index (χ4v) is 4.35. The second-order valence-electron chi connectivity index (χ2n) is 7.84. The molecule has 2 aromatic rings. The summed E-state index contributed by atoms with van der Waals surface area (Å²) in [5.41, 5.74) is 2.22. The van der Waals surface area contributed by atoms with Crippen molar-refractivity contribution < 1.29 is 9.47 Å². The summed E-state index contributed by atoms with van der Waals surface area (Å²) in [6.45, 7) is 3.45. The van der Waals surface area contributed by atoms with Gasteiger partial charge in [0.05, 0.1) is 19.7 Å². The van der Waals surface area contributed by atoms with E-state index in [0.717, 1.165) is 43.1 Å². The largest absolute Gasteiger partial charge is 0.487 e. The van der Waals surface area contributed by atoms with Gasteiger partial charge in [0.2, 0.25) is 5.88 Å². The minimum Gasteiger partial charge on any atom is -0.487 e. The highest BCUT2D eigenvalue weighted by atomic mass is 16.5. The standard InChI is InChI=1S/C23H30N4O2/c1-3-24-22(26-16-17-10-11-21(28-2)25-15-17)27-19-14-23(12-6-7-13-23)29-20-9-5-4-8-18(19)20/h4-5,8-11,15,19H,3,6-7,12-14,16H2,1-2H3,(H2,24,26,27). The number of guanidine groups is 1. The van der Waals surface area contributed by atoms with E-state index in [2.05, 4.69) is 46.8 Å². The Morgan fingerprint density at radius 2 is 2.07 bits per heavy atom. The summed E-state index contributed by atoms with van der Waals surface area (Å²) >= 11 is 0. The number of rotatable bonds is 5. The van der Waals surface area contributed by atoms with E-state index in [-0.39, 0.29) is 11.6 Å². The number of benzene rings is 1. The molecule has 1 aromatic heterocycles. The number of ether oxygens (including phenoxy) is 2. The Labute approximate surface area is 172 Å². The molecule has 1 spiro atoms. The summed E-state index contributed by atoms with van der Waals surface area (Å²) in [6.07, 6.45) is 7.53. The highest BCUT2D eigenvalue weighted by Crippen LogP contribution is 2.46. The summed E-state index contributed by atoms with van der Waals surface area (Å²) < 4.78 is 11.6. The molecule has 4 rings (SSSR count). The van der Waals surface area contributed by atoms with E-state index in [1.807, 2.05) is 18.3 Å². The highest BCUT2D eigenvalue weighted by Gasteiger charge is 2.43. The van der Waals surface area contributed by atoms with Crippen molar-refractivity contribution in [3.63, 3.8) is 0 Å². The van der Waals surface area contributed by atoms with Gasteiger partial charge in [-0.05, 0) is 44.2 Å². The summed E-state index contributed by atoms with van der Waals surface area (Å²) in [4.78, 5) is 9.06. The number of aromatic nitrogens is 1. The third-order valence-corrected chi connectivity index (χ3v) is 5.79. The SMILES string of the molecule is CCNC(=NCc1ccc(OC)nc1)NC1CC2(CCCC2)Oc2ccccc21. The van der Waals surface area contributed by atoms with Crippen molar-refractivity contribution in [3.8, 4) is 11.6 Å². The quantitative estimate of drug-likeness (QED) is 0.593. The van der Waals surface area contributed by atoms with Crippen LogP contribution in [0, 0.1) is 0 Å². The van der Waals surface area contributed by atoms with Crippen molar-refractivity contribution in [1.82, 2.24) is 15.6 Å². The Kier molecular flexibility index (Phi) is 5.88. The van der Waals surface area contributed by atoms with Crippen LogP contribution in [0.4, 0.5) is 0 Å². The van der Waals surface area contributed by atoms with Crippen molar-refractivity contribution in [1.29, 1.82) is 0 Å². The molecule has 1 aliphatic carbocycles. The molecule has 6 heteroatoms. The Bertz CT molecular complexity index is 844. The van der Waals surface area contributed by atoms with E-state index < -0.39 is 0 Å². The van der Waals surface area contributed by atoms with Crippen LogP contribution < -0.4 is 20.1 Å². The fraction of sp³-hybridized carbons (Fsp3) is 0.478. The molecule has 1 aromatic carbocycles. The van der Waals surface area contributed by atoms with E-state index >= 15 is 0 Å². The zero-order valence-corrected chi connectivity index (χ0v) is 17.3. The summed E-state index contributed by atoms with van der Waals surface area (Å²) in [6, 6.07) is 12.4. The molecule has 2 N–H and O–H groups in total. The van der Waals surface area contributed by atoms with Gasteiger partial charge in [0, 0.05) is 30.8 Å². The van der Waals surface area contributed by atoms with Crippen LogP contribution in [-0.4, -0.2) is 30.2 Å². The number of nitrogens with zero attached hydrogens (tertiary/aromatic N) is 2. The van der Waals surface area contributed by atoms with E-state index in [1.165, 1.54) is 18.4 Å². The normalized spacial score (nSPS) is 20.1. The van der Waals surface area contributed by atoms with Gasteiger partial charge in [-0.3, -0.25) is 0 Å². The molecule has 1 fully saturated rings. The second-order valence-corrected chi connectivity index (χ2v) is 7.84. The molecule has 154 valence electrons. The summed E-state index contributed by atoms with van der Waals surface area (Å²) in [5, 5.41) is 7.06. The third-order valence-electron chi connectivity index (χ3n) is 5.79. The van der Waals surface area contributed by atoms with Gasteiger partial charge in [-0.2, -0.15) is 0 Å². The number of methoxy groups -OCH3 is 1. The van der Waals surface area contributed by atoms with E-state index in [0.29, 0.717) is 12.4 Å². The van der Waals surface area contributed by atoms with Gasteiger partial charge in [-0.25, -0.2) is 9.98 Å². The monoisotopic (exact) mass is 394 g/mol.